The molecule has 0 bridgehead atoms. The molecule has 2 aromatic rings. The standard InChI is InChI=1S/C16H19N3O4/c1-10-7-18(8-11(2)23-10)9-12-6-14(19(21)22)13-4-3-5-17-15(13)16(12)20/h3-6,10-11,20H,7-9H2,1-2H3/t10-,11+. The van der Waals surface area contributed by atoms with Gasteiger partial charge in [-0.1, -0.05) is 5.75 Å². The molecule has 23 heavy (non-hydrogen) atoms. The second-order valence-corrected chi connectivity index (χ2v) is 6.13. The second-order valence-electron chi connectivity index (χ2n) is 6.13. The van der Waals surface area contributed by atoms with Gasteiger partial charge in [0, 0.05) is 17.8 Å². The Hall–Kier alpha value is -2.25. The van der Waals surface area contributed by atoms with Crippen molar-refractivity contribution < 1.29 is 19.7 Å². The Morgan fingerprint density at radius 2 is 2.09 bits per heavy atom. The Morgan fingerprint density at radius 3 is 2.74 bits per heavy atom. The number of rotatable bonds is 3. The number of nitrogens with one attached hydrogen (secondary N) is 1. The predicted octanol–water partition coefficient (Wildman–Crippen LogP) is 0.409. The molecule has 2 heterocycles. The van der Waals surface area contributed by atoms with E-state index in [1.807, 2.05) is 13.8 Å². The lowest BCUT2D eigenvalue weighted by Crippen LogP contribution is -3.14. The van der Waals surface area contributed by atoms with Gasteiger partial charge in [0.15, 0.2) is 0 Å². The summed E-state index contributed by atoms with van der Waals surface area (Å²) >= 11 is 0. The first kappa shape index (κ1) is 15.6. The number of quaternary nitrogens is 1. The Bertz CT molecular complexity index is 739. The van der Waals surface area contributed by atoms with Gasteiger partial charge in [0.1, 0.15) is 31.8 Å². The third-order valence-electron chi connectivity index (χ3n) is 4.16. The highest BCUT2D eigenvalue weighted by molar-refractivity contribution is 5.92. The van der Waals surface area contributed by atoms with Crippen molar-refractivity contribution >= 4 is 16.6 Å². The summed E-state index contributed by atoms with van der Waals surface area (Å²) in [5, 5.41) is 24.2. The fraction of sp³-hybridized carbons (Fsp3) is 0.438. The first-order valence-electron chi connectivity index (χ1n) is 7.66. The van der Waals surface area contributed by atoms with Gasteiger partial charge >= 0.3 is 0 Å². The van der Waals surface area contributed by atoms with Crippen LogP contribution in [0, 0.1) is 10.1 Å². The lowest BCUT2D eigenvalue weighted by Gasteiger charge is -2.33. The van der Waals surface area contributed by atoms with Crippen molar-refractivity contribution in [1.29, 1.82) is 0 Å². The molecule has 3 atom stereocenters. The van der Waals surface area contributed by atoms with E-state index in [9.17, 15) is 15.2 Å². The third kappa shape index (κ3) is 3.11. The van der Waals surface area contributed by atoms with Crippen molar-refractivity contribution in [2.24, 2.45) is 0 Å². The van der Waals surface area contributed by atoms with Crippen molar-refractivity contribution in [1.82, 2.24) is 4.98 Å². The molecule has 122 valence electrons. The number of ether oxygens (including phenoxy) is 1. The van der Waals surface area contributed by atoms with Crippen LogP contribution in [0.5, 0.6) is 5.75 Å². The summed E-state index contributed by atoms with van der Waals surface area (Å²) in [6.45, 7) is 6.00. The first-order valence-corrected chi connectivity index (χ1v) is 7.66. The molecule has 1 fully saturated rings. The second kappa shape index (κ2) is 6.10. The number of nitrogens with zero attached hydrogens (tertiary/aromatic N) is 2. The molecule has 0 aliphatic carbocycles. The normalized spacial score (nSPS) is 24.7. The number of hydrogen-bond donors (Lipinski definition) is 1. The maximum absolute atomic E-state index is 12.6. The van der Waals surface area contributed by atoms with Gasteiger partial charge in [0.2, 0.25) is 0 Å². The molecule has 0 saturated carbocycles. The van der Waals surface area contributed by atoms with Crippen molar-refractivity contribution in [3.8, 4) is 5.75 Å². The van der Waals surface area contributed by atoms with Crippen LogP contribution in [-0.4, -0.2) is 35.2 Å². The maximum atomic E-state index is 12.6. The van der Waals surface area contributed by atoms with E-state index >= 15 is 0 Å². The van der Waals surface area contributed by atoms with Crippen LogP contribution in [-0.2, 0) is 11.3 Å². The van der Waals surface area contributed by atoms with Crippen molar-refractivity contribution in [2.75, 3.05) is 13.1 Å². The largest absolute Gasteiger partial charge is 0.871 e. The van der Waals surface area contributed by atoms with Gasteiger partial charge in [-0.15, -0.1) is 0 Å². The average Bonchev–Trinajstić information content (AvgIpc) is 2.49. The van der Waals surface area contributed by atoms with E-state index in [1.54, 1.807) is 12.1 Å². The van der Waals surface area contributed by atoms with E-state index in [0.29, 0.717) is 17.5 Å². The van der Waals surface area contributed by atoms with Crippen LogP contribution in [0.15, 0.2) is 24.4 Å². The van der Waals surface area contributed by atoms with E-state index in [0.717, 1.165) is 13.1 Å². The molecule has 1 unspecified atom stereocenters. The molecule has 1 N–H and O–H groups in total. The van der Waals surface area contributed by atoms with Gasteiger partial charge < -0.3 is 14.7 Å². The summed E-state index contributed by atoms with van der Waals surface area (Å²) in [5.74, 6) is -0.217. The zero-order valence-electron chi connectivity index (χ0n) is 13.1. The van der Waals surface area contributed by atoms with Crippen LogP contribution in [0.2, 0.25) is 0 Å². The summed E-state index contributed by atoms with van der Waals surface area (Å²) in [7, 11) is 0. The number of fused-ring (bicyclic) bond motifs is 1. The number of aromatic nitrogens is 1. The highest BCUT2D eigenvalue weighted by Gasteiger charge is 2.27. The zero-order chi connectivity index (χ0) is 16.6. The zero-order valence-corrected chi connectivity index (χ0v) is 13.1. The van der Waals surface area contributed by atoms with Gasteiger partial charge in [-0.05, 0) is 26.0 Å². The number of nitro benzene ring substituents is 1. The third-order valence-corrected chi connectivity index (χ3v) is 4.16. The minimum atomic E-state index is -0.452. The Kier molecular flexibility index (Phi) is 4.14. The number of nitro groups is 1. The first-order chi connectivity index (χ1) is 11.0. The molecule has 0 amide bonds. The van der Waals surface area contributed by atoms with Crippen molar-refractivity contribution in [3.05, 3.63) is 40.1 Å². The minimum absolute atomic E-state index is 0.0588. The fourth-order valence-corrected chi connectivity index (χ4v) is 3.34. The van der Waals surface area contributed by atoms with Crippen LogP contribution >= 0.6 is 0 Å². The average molecular weight is 317 g/mol. The number of benzene rings is 1. The Labute approximate surface area is 133 Å². The molecule has 1 saturated heterocycles. The van der Waals surface area contributed by atoms with E-state index < -0.39 is 4.92 Å². The SMILES string of the molecule is C[C@@H]1C[NH+](Cc2cc([N+](=O)[O-])c3cccnc3c2[O-])C[C@H](C)O1. The minimum Gasteiger partial charge on any atom is -0.871 e. The molecule has 0 radical (unpaired) electrons. The van der Waals surface area contributed by atoms with Gasteiger partial charge in [-0.2, -0.15) is 0 Å². The number of hydrogen-bond acceptors (Lipinski definition) is 5. The number of non-ortho nitro benzene ring substituents is 1. The summed E-state index contributed by atoms with van der Waals surface area (Å²) < 4.78 is 5.70. The molecule has 1 aliphatic rings. The summed E-state index contributed by atoms with van der Waals surface area (Å²) in [6, 6.07) is 4.58. The van der Waals surface area contributed by atoms with Crippen LogP contribution in [0.25, 0.3) is 10.9 Å². The van der Waals surface area contributed by atoms with Gasteiger partial charge in [-0.25, -0.2) is 0 Å². The summed E-state index contributed by atoms with van der Waals surface area (Å²) in [5.41, 5.74) is 0.557. The molecular weight excluding hydrogens is 298 g/mol. The number of pyridine rings is 1. The predicted molar refractivity (Wildman–Crippen MR) is 82.3 cm³/mol. The smallest absolute Gasteiger partial charge is 0.279 e. The van der Waals surface area contributed by atoms with Crippen LogP contribution in [0.3, 0.4) is 0 Å². The highest BCUT2D eigenvalue weighted by Crippen LogP contribution is 2.32. The molecular formula is C16H19N3O4. The molecule has 1 aromatic heterocycles. The molecule has 7 nitrogen and oxygen atoms in total. The summed E-state index contributed by atoms with van der Waals surface area (Å²) in [4.78, 5) is 16.1. The molecule has 1 aliphatic heterocycles. The fourth-order valence-electron chi connectivity index (χ4n) is 3.34. The Balaban J connectivity index is 2.00. The lowest BCUT2D eigenvalue weighted by atomic mass is 10.1. The van der Waals surface area contributed by atoms with Crippen molar-refractivity contribution in [2.45, 2.75) is 32.6 Å². The summed E-state index contributed by atoms with van der Waals surface area (Å²) in [6.07, 6.45) is 1.71. The monoisotopic (exact) mass is 317 g/mol. The van der Waals surface area contributed by atoms with Crippen LogP contribution < -0.4 is 10.0 Å². The van der Waals surface area contributed by atoms with Gasteiger partial charge in [0.05, 0.1) is 15.8 Å². The van der Waals surface area contributed by atoms with Crippen LogP contribution in [0.1, 0.15) is 19.4 Å². The molecule has 7 heteroatoms. The Morgan fingerprint density at radius 1 is 1.39 bits per heavy atom. The van der Waals surface area contributed by atoms with Crippen LogP contribution in [0.4, 0.5) is 5.69 Å². The topological polar surface area (TPSA) is 92.8 Å². The molecule has 0 spiro atoms. The van der Waals surface area contributed by atoms with E-state index in [4.69, 9.17) is 4.74 Å². The van der Waals surface area contributed by atoms with Gasteiger partial charge in [0.25, 0.3) is 5.69 Å². The quantitative estimate of drug-likeness (QED) is 0.654. The lowest BCUT2D eigenvalue weighted by molar-refractivity contribution is -0.928. The highest BCUT2D eigenvalue weighted by atomic mass is 16.6. The van der Waals surface area contributed by atoms with Crippen molar-refractivity contribution in [3.63, 3.8) is 0 Å². The van der Waals surface area contributed by atoms with Gasteiger partial charge in [-0.3, -0.25) is 15.1 Å². The molecule has 3 rings (SSSR count). The van der Waals surface area contributed by atoms with E-state index in [-0.39, 0.29) is 29.2 Å². The van der Waals surface area contributed by atoms with E-state index in [1.165, 1.54) is 17.2 Å². The maximum Gasteiger partial charge on any atom is 0.279 e. The van der Waals surface area contributed by atoms with E-state index in [2.05, 4.69) is 4.98 Å². The molecule has 1 aromatic carbocycles. The number of morpholine rings is 1.